The van der Waals surface area contributed by atoms with Crippen LogP contribution in [0.25, 0.3) is 11.4 Å². The first-order valence-electron chi connectivity index (χ1n) is 9.18. The van der Waals surface area contributed by atoms with Gasteiger partial charge >= 0.3 is 0 Å². The van der Waals surface area contributed by atoms with Crippen molar-refractivity contribution in [2.45, 2.75) is 32.4 Å². The van der Waals surface area contributed by atoms with Crippen molar-refractivity contribution < 1.29 is 9.32 Å². The number of anilines is 1. The second-order valence-corrected chi connectivity index (χ2v) is 6.83. The lowest BCUT2D eigenvalue weighted by Gasteiger charge is -2.21. The van der Waals surface area contributed by atoms with Gasteiger partial charge in [0.2, 0.25) is 17.6 Å². The molecule has 1 aliphatic rings. The molecule has 1 N–H and O–H groups in total. The number of aromatic nitrogens is 2. The van der Waals surface area contributed by atoms with E-state index in [1.807, 2.05) is 54.6 Å². The van der Waals surface area contributed by atoms with E-state index < -0.39 is 0 Å². The maximum absolute atomic E-state index is 11.1. The first-order valence-corrected chi connectivity index (χ1v) is 9.18. The summed E-state index contributed by atoms with van der Waals surface area (Å²) in [5, 5.41) is 6.95. The Morgan fingerprint density at radius 3 is 2.70 bits per heavy atom. The molecule has 2 aromatic carbocycles. The summed E-state index contributed by atoms with van der Waals surface area (Å²) in [5.41, 5.74) is 2.97. The van der Waals surface area contributed by atoms with Gasteiger partial charge in [-0.3, -0.25) is 9.69 Å². The minimum Gasteiger partial charge on any atom is -0.337 e. The molecule has 1 aromatic heterocycles. The first kappa shape index (κ1) is 17.4. The highest BCUT2D eigenvalue weighted by Crippen LogP contribution is 2.33. The predicted molar refractivity (Wildman–Crippen MR) is 103 cm³/mol. The van der Waals surface area contributed by atoms with Gasteiger partial charge in [0.05, 0.1) is 6.04 Å². The summed E-state index contributed by atoms with van der Waals surface area (Å²) < 4.78 is 5.58. The number of hydrogen-bond acceptors (Lipinski definition) is 5. The Morgan fingerprint density at radius 2 is 1.96 bits per heavy atom. The van der Waals surface area contributed by atoms with Gasteiger partial charge in [-0.2, -0.15) is 4.98 Å². The number of nitrogens with zero attached hydrogens (tertiary/aromatic N) is 3. The van der Waals surface area contributed by atoms with Gasteiger partial charge in [0, 0.05) is 24.7 Å². The lowest BCUT2D eigenvalue weighted by molar-refractivity contribution is -0.114. The van der Waals surface area contributed by atoms with Gasteiger partial charge in [-0.05, 0) is 37.1 Å². The van der Waals surface area contributed by atoms with Crippen LogP contribution >= 0.6 is 0 Å². The van der Waals surface area contributed by atoms with Crippen LogP contribution in [0.2, 0.25) is 0 Å². The molecule has 4 rings (SSSR count). The Morgan fingerprint density at radius 1 is 1.19 bits per heavy atom. The van der Waals surface area contributed by atoms with Crippen molar-refractivity contribution in [2.75, 3.05) is 11.9 Å². The van der Waals surface area contributed by atoms with Crippen molar-refractivity contribution >= 4 is 11.6 Å². The second-order valence-electron chi connectivity index (χ2n) is 6.83. The molecule has 138 valence electrons. The van der Waals surface area contributed by atoms with E-state index in [-0.39, 0.29) is 11.9 Å². The van der Waals surface area contributed by atoms with Crippen molar-refractivity contribution in [1.82, 2.24) is 15.0 Å². The number of nitrogens with one attached hydrogen (secondary N) is 1. The predicted octanol–water partition coefficient (Wildman–Crippen LogP) is 4.03. The average Bonchev–Trinajstić information content (AvgIpc) is 3.33. The highest BCUT2D eigenvalue weighted by molar-refractivity contribution is 5.88. The van der Waals surface area contributed by atoms with Crippen LogP contribution in [0.1, 0.15) is 37.3 Å². The molecule has 3 aromatic rings. The summed E-state index contributed by atoms with van der Waals surface area (Å²) >= 11 is 0. The fourth-order valence-electron chi connectivity index (χ4n) is 3.50. The highest BCUT2D eigenvalue weighted by atomic mass is 16.5. The quantitative estimate of drug-likeness (QED) is 0.742. The second kappa shape index (κ2) is 7.72. The van der Waals surface area contributed by atoms with Gasteiger partial charge in [-0.1, -0.05) is 47.6 Å². The molecule has 0 bridgehead atoms. The average molecular weight is 362 g/mol. The third-order valence-corrected chi connectivity index (χ3v) is 4.78. The van der Waals surface area contributed by atoms with Crippen molar-refractivity contribution in [3.05, 3.63) is 66.1 Å². The molecular formula is C21H22N4O2. The van der Waals surface area contributed by atoms with Crippen LogP contribution in [0, 0.1) is 0 Å². The molecule has 6 nitrogen and oxygen atoms in total. The molecule has 2 heterocycles. The van der Waals surface area contributed by atoms with Gasteiger partial charge in [-0.25, -0.2) is 0 Å². The first-order chi connectivity index (χ1) is 13.2. The fraction of sp³-hybridized carbons (Fsp3) is 0.286. The zero-order valence-electron chi connectivity index (χ0n) is 15.3. The van der Waals surface area contributed by atoms with E-state index in [1.54, 1.807) is 0 Å². The van der Waals surface area contributed by atoms with E-state index in [2.05, 4.69) is 20.4 Å². The minimum atomic E-state index is -0.0621. The van der Waals surface area contributed by atoms with E-state index in [0.29, 0.717) is 11.7 Å². The molecule has 0 saturated carbocycles. The third kappa shape index (κ3) is 4.06. The molecule has 0 unspecified atom stereocenters. The summed E-state index contributed by atoms with van der Waals surface area (Å²) in [5.74, 6) is 1.26. The number of carbonyl (C=O) groups is 1. The number of carbonyl (C=O) groups excluding carboxylic acids is 1. The van der Waals surface area contributed by atoms with Crippen LogP contribution in [0.5, 0.6) is 0 Å². The monoisotopic (exact) mass is 362 g/mol. The van der Waals surface area contributed by atoms with Crippen LogP contribution in [-0.2, 0) is 11.3 Å². The number of likely N-dealkylation sites (tertiary alicyclic amines) is 1. The molecule has 1 aliphatic heterocycles. The normalized spacial score (nSPS) is 17.1. The van der Waals surface area contributed by atoms with Crippen LogP contribution in [0.15, 0.2) is 59.1 Å². The van der Waals surface area contributed by atoms with Crippen molar-refractivity contribution in [3.8, 4) is 11.4 Å². The van der Waals surface area contributed by atoms with Gasteiger partial charge in [0.15, 0.2) is 0 Å². The SMILES string of the molecule is CC(=O)Nc1ccc(CN2CCC[C@@H]2c2nc(-c3ccccc3)no2)cc1. The molecule has 1 atom stereocenters. The molecular weight excluding hydrogens is 340 g/mol. The molecule has 27 heavy (non-hydrogen) atoms. The standard InChI is InChI=1S/C21H22N4O2/c1-15(26)22-18-11-9-16(10-12-18)14-25-13-5-8-19(25)21-23-20(24-27-21)17-6-3-2-4-7-17/h2-4,6-7,9-12,19H,5,8,13-14H2,1H3,(H,22,26)/t19-/m1/s1. The summed E-state index contributed by atoms with van der Waals surface area (Å²) in [6, 6.07) is 18.0. The van der Waals surface area contributed by atoms with Crippen molar-refractivity contribution in [2.24, 2.45) is 0 Å². The van der Waals surface area contributed by atoms with E-state index in [9.17, 15) is 4.79 Å². The largest absolute Gasteiger partial charge is 0.337 e. The van der Waals surface area contributed by atoms with Crippen molar-refractivity contribution in [1.29, 1.82) is 0 Å². The Balaban J connectivity index is 1.46. The van der Waals surface area contributed by atoms with E-state index in [1.165, 1.54) is 12.5 Å². The summed E-state index contributed by atoms with van der Waals surface area (Å²) in [6.07, 6.45) is 2.12. The van der Waals surface area contributed by atoms with Gasteiger partial charge in [-0.15, -0.1) is 0 Å². The zero-order valence-corrected chi connectivity index (χ0v) is 15.3. The van der Waals surface area contributed by atoms with Gasteiger partial charge in [0.1, 0.15) is 0 Å². The lowest BCUT2D eigenvalue weighted by Crippen LogP contribution is -2.23. The lowest BCUT2D eigenvalue weighted by atomic mass is 10.1. The van der Waals surface area contributed by atoms with E-state index in [0.717, 1.165) is 37.2 Å². The molecule has 1 saturated heterocycles. The van der Waals surface area contributed by atoms with Crippen LogP contribution < -0.4 is 5.32 Å². The molecule has 1 amide bonds. The highest BCUT2D eigenvalue weighted by Gasteiger charge is 2.30. The van der Waals surface area contributed by atoms with E-state index in [4.69, 9.17) is 4.52 Å². The number of benzene rings is 2. The van der Waals surface area contributed by atoms with Gasteiger partial charge < -0.3 is 9.84 Å². The Bertz CT molecular complexity index is 905. The summed E-state index contributed by atoms with van der Waals surface area (Å²) in [6.45, 7) is 3.33. The maximum atomic E-state index is 11.1. The molecule has 0 aliphatic carbocycles. The minimum absolute atomic E-state index is 0.0621. The number of hydrogen-bond donors (Lipinski definition) is 1. The molecule has 6 heteroatoms. The van der Waals surface area contributed by atoms with Crippen molar-refractivity contribution in [3.63, 3.8) is 0 Å². The van der Waals surface area contributed by atoms with Crippen LogP contribution in [0.3, 0.4) is 0 Å². The van der Waals surface area contributed by atoms with Crippen LogP contribution in [0.4, 0.5) is 5.69 Å². The fourth-order valence-corrected chi connectivity index (χ4v) is 3.50. The van der Waals surface area contributed by atoms with Crippen LogP contribution in [-0.4, -0.2) is 27.5 Å². The third-order valence-electron chi connectivity index (χ3n) is 4.78. The van der Waals surface area contributed by atoms with Gasteiger partial charge in [0.25, 0.3) is 0 Å². The van der Waals surface area contributed by atoms with E-state index >= 15 is 0 Å². The topological polar surface area (TPSA) is 71.3 Å². The number of rotatable bonds is 5. The Kier molecular flexibility index (Phi) is 4.98. The summed E-state index contributed by atoms with van der Waals surface area (Å²) in [7, 11) is 0. The maximum Gasteiger partial charge on any atom is 0.244 e. The Labute approximate surface area is 158 Å². The Hall–Kier alpha value is -2.99. The smallest absolute Gasteiger partial charge is 0.244 e. The summed E-state index contributed by atoms with van der Waals surface area (Å²) in [4.78, 5) is 18.1. The molecule has 1 fully saturated rings. The molecule has 0 radical (unpaired) electrons. The molecule has 0 spiro atoms. The number of amides is 1. The zero-order chi connectivity index (χ0) is 18.6.